The largest absolute Gasteiger partial charge is 0.465 e. The van der Waals surface area contributed by atoms with Crippen LogP contribution in [0, 0.1) is 11.3 Å². The molecule has 1 aromatic rings. The quantitative estimate of drug-likeness (QED) is 0.511. The van der Waals surface area contributed by atoms with Crippen molar-refractivity contribution in [2.75, 3.05) is 0 Å². The Labute approximate surface area is 128 Å². The maximum absolute atomic E-state index is 12.0. The van der Waals surface area contributed by atoms with E-state index in [1.807, 2.05) is 0 Å². The highest BCUT2D eigenvalue weighted by atomic mass is 16.5. The number of ether oxygens (including phenoxy) is 1. The lowest BCUT2D eigenvalue weighted by molar-refractivity contribution is -0.151. The molecule has 1 heterocycles. The van der Waals surface area contributed by atoms with Crippen LogP contribution in [-0.2, 0) is 14.3 Å². The van der Waals surface area contributed by atoms with Gasteiger partial charge in [-0.25, -0.2) is 4.79 Å². The van der Waals surface area contributed by atoms with E-state index in [0.717, 1.165) is 25.7 Å². The number of carbonyl (C=O) groups excluding carboxylic acids is 2. The lowest BCUT2D eigenvalue weighted by Crippen LogP contribution is -2.41. The predicted molar refractivity (Wildman–Crippen MR) is 78.3 cm³/mol. The SMILES string of the molecule is C[C@H](OC(=O)/C(C#N)=C/c1ccco1)C(=O)NC1CCCC1. The number of nitriles is 1. The lowest BCUT2D eigenvalue weighted by atomic mass is 10.2. The van der Waals surface area contributed by atoms with Crippen LogP contribution in [0.25, 0.3) is 6.08 Å². The van der Waals surface area contributed by atoms with Crippen LogP contribution in [0.4, 0.5) is 0 Å². The van der Waals surface area contributed by atoms with Crippen molar-refractivity contribution in [3.05, 3.63) is 29.7 Å². The first-order valence-corrected chi connectivity index (χ1v) is 7.27. The summed E-state index contributed by atoms with van der Waals surface area (Å²) in [5, 5.41) is 11.9. The summed E-state index contributed by atoms with van der Waals surface area (Å²) in [5.74, 6) is -0.805. The summed E-state index contributed by atoms with van der Waals surface area (Å²) in [6, 6.07) is 5.16. The number of esters is 1. The summed E-state index contributed by atoms with van der Waals surface area (Å²) < 4.78 is 10.1. The first-order chi connectivity index (χ1) is 10.6. The van der Waals surface area contributed by atoms with Gasteiger partial charge in [-0.1, -0.05) is 12.8 Å². The number of furan rings is 1. The zero-order valence-electron chi connectivity index (χ0n) is 12.4. The summed E-state index contributed by atoms with van der Waals surface area (Å²) >= 11 is 0. The van der Waals surface area contributed by atoms with Crippen molar-refractivity contribution >= 4 is 18.0 Å². The third-order valence-corrected chi connectivity index (χ3v) is 3.52. The molecule has 1 saturated carbocycles. The van der Waals surface area contributed by atoms with Gasteiger partial charge in [0.1, 0.15) is 17.4 Å². The second kappa shape index (κ2) is 7.46. The Balaban J connectivity index is 1.91. The van der Waals surface area contributed by atoms with E-state index in [1.165, 1.54) is 19.3 Å². The van der Waals surface area contributed by atoms with Gasteiger partial charge in [0, 0.05) is 12.1 Å². The van der Waals surface area contributed by atoms with Crippen molar-refractivity contribution in [2.24, 2.45) is 0 Å². The second-order valence-electron chi connectivity index (χ2n) is 5.22. The molecule has 0 aromatic carbocycles. The van der Waals surface area contributed by atoms with Crippen molar-refractivity contribution in [1.82, 2.24) is 5.32 Å². The van der Waals surface area contributed by atoms with E-state index in [-0.39, 0.29) is 17.5 Å². The van der Waals surface area contributed by atoms with Crippen LogP contribution in [-0.4, -0.2) is 24.0 Å². The van der Waals surface area contributed by atoms with Crippen LogP contribution in [0.5, 0.6) is 0 Å². The highest BCUT2D eigenvalue weighted by Gasteiger charge is 2.24. The molecule has 0 saturated heterocycles. The molecule has 0 bridgehead atoms. The zero-order chi connectivity index (χ0) is 15.9. The number of nitrogens with one attached hydrogen (secondary N) is 1. The zero-order valence-corrected chi connectivity index (χ0v) is 12.4. The van der Waals surface area contributed by atoms with E-state index in [1.54, 1.807) is 18.2 Å². The third kappa shape index (κ3) is 4.22. The van der Waals surface area contributed by atoms with E-state index in [0.29, 0.717) is 5.76 Å². The Kier molecular flexibility index (Phi) is 5.37. The van der Waals surface area contributed by atoms with Crippen molar-refractivity contribution in [3.63, 3.8) is 0 Å². The van der Waals surface area contributed by atoms with Crippen LogP contribution >= 0.6 is 0 Å². The van der Waals surface area contributed by atoms with E-state index >= 15 is 0 Å². The maximum Gasteiger partial charge on any atom is 0.349 e. The topological polar surface area (TPSA) is 92.3 Å². The Morgan fingerprint density at radius 3 is 2.82 bits per heavy atom. The molecule has 0 spiro atoms. The van der Waals surface area contributed by atoms with Crippen molar-refractivity contribution in [3.8, 4) is 6.07 Å². The molecule has 1 aliphatic carbocycles. The summed E-state index contributed by atoms with van der Waals surface area (Å²) in [6.07, 6.45) is 5.88. The Morgan fingerprint density at radius 2 is 2.23 bits per heavy atom. The van der Waals surface area contributed by atoms with Crippen LogP contribution in [0.2, 0.25) is 0 Å². The fraction of sp³-hybridized carbons (Fsp3) is 0.438. The van der Waals surface area contributed by atoms with Crippen LogP contribution in [0.3, 0.4) is 0 Å². The van der Waals surface area contributed by atoms with E-state index in [9.17, 15) is 9.59 Å². The molecule has 22 heavy (non-hydrogen) atoms. The van der Waals surface area contributed by atoms with Gasteiger partial charge >= 0.3 is 5.97 Å². The van der Waals surface area contributed by atoms with Crippen LogP contribution < -0.4 is 5.32 Å². The van der Waals surface area contributed by atoms with Gasteiger partial charge in [-0.2, -0.15) is 5.26 Å². The van der Waals surface area contributed by atoms with Gasteiger partial charge in [0.15, 0.2) is 6.10 Å². The van der Waals surface area contributed by atoms with Gasteiger partial charge in [0.05, 0.1) is 6.26 Å². The second-order valence-corrected chi connectivity index (χ2v) is 5.22. The van der Waals surface area contributed by atoms with E-state index in [4.69, 9.17) is 14.4 Å². The summed E-state index contributed by atoms with van der Waals surface area (Å²) in [6.45, 7) is 1.49. The van der Waals surface area contributed by atoms with Crippen LogP contribution in [0.1, 0.15) is 38.4 Å². The van der Waals surface area contributed by atoms with Crippen LogP contribution in [0.15, 0.2) is 28.4 Å². The minimum absolute atomic E-state index is 0.155. The van der Waals surface area contributed by atoms with Gasteiger partial charge in [-0.05, 0) is 31.9 Å². The monoisotopic (exact) mass is 302 g/mol. The number of amides is 1. The molecule has 1 fully saturated rings. The minimum atomic E-state index is -0.943. The molecule has 2 rings (SSSR count). The Hall–Kier alpha value is -2.55. The average molecular weight is 302 g/mol. The molecular formula is C16H18N2O4. The minimum Gasteiger partial charge on any atom is -0.465 e. The molecule has 6 nitrogen and oxygen atoms in total. The van der Waals surface area contributed by atoms with Gasteiger partial charge in [0.2, 0.25) is 0 Å². The highest BCUT2D eigenvalue weighted by Crippen LogP contribution is 2.18. The first-order valence-electron chi connectivity index (χ1n) is 7.27. The van der Waals surface area contributed by atoms with Gasteiger partial charge in [-0.3, -0.25) is 4.79 Å². The van der Waals surface area contributed by atoms with Gasteiger partial charge in [-0.15, -0.1) is 0 Å². The van der Waals surface area contributed by atoms with E-state index < -0.39 is 12.1 Å². The first kappa shape index (κ1) is 15.8. The fourth-order valence-corrected chi connectivity index (χ4v) is 2.32. The van der Waals surface area contributed by atoms with Crippen molar-refractivity contribution in [2.45, 2.75) is 44.8 Å². The molecule has 1 aromatic heterocycles. The average Bonchev–Trinajstić information content (AvgIpc) is 3.17. The summed E-state index contributed by atoms with van der Waals surface area (Å²) in [7, 11) is 0. The lowest BCUT2D eigenvalue weighted by Gasteiger charge is -2.16. The number of hydrogen-bond donors (Lipinski definition) is 1. The highest BCUT2D eigenvalue weighted by molar-refractivity contribution is 5.98. The standard InChI is InChI=1S/C16H18N2O4/c1-11(15(19)18-13-5-2-3-6-13)22-16(20)12(10-17)9-14-7-4-8-21-14/h4,7-9,11,13H,2-3,5-6H2,1H3,(H,18,19)/b12-9+/t11-/m0/s1. The number of hydrogen-bond acceptors (Lipinski definition) is 5. The molecule has 1 atom stereocenters. The maximum atomic E-state index is 12.0. The van der Waals surface area contributed by atoms with Crippen molar-refractivity contribution < 1.29 is 18.7 Å². The predicted octanol–water partition coefficient (Wildman–Crippen LogP) is 2.18. The summed E-state index contributed by atoms with van der Waals surface area (Å²) in [4.78, 5) is 23.9. The van der Waals surface area contributed by atoms with E-state index in [2.05, 4.69) is 5.32 Å². The number of carbonyl (C=O) groups is 2. The molecule has 1 aliphatic rings. The molecule has 1 N–H and O–H groups in total. The molecule has 0 radical (unpaired) electrons. The van der Waals surface area contributed by atoms with Gasteiger partial charge < -0.3 is 14.5 Å². The number of nitrogens with zero attached hydrogens (tertiary/aromatic N) is 1. The molecule has 0 aliphatic heterocycles. The Bertz CT molecular complexity index is 592. The normalized spacial score (nSPS) is 16.8. The fourth-order valence-electron chi connectivity index (χ4n) is 2.32. The molecule has 116 valence electrons. The third-order valence-electron chi connectivity index (χ3n) is 3.52. The number of rotatable bonds is 5. The molecule has 1 amide bonds. The Morgan fingerprint density at radius 1 is 1.50 bits per heavy atom. The molecule has 0 unspecified atom stereocenters. The smallest absolute Gasteiger partial charge is 0.349 e. The van der Waals surface area contributed by atoms with Gasteiger partial charge in [0.25, 0.3) is 5.91 Å². The molecule has 6 heteroatoms. The molecular weight excluding hydrogens is 284 g/mol. The summed E-state index contributed by atoms with van der Waals surface area (Å²) in [5.41, 5.74) is -0.213. The van der Waals surface area contributed by atoms with Crippen molar-refractivity contribution in [1.29, 1.82) is 5.26 Å².